The minimum Gasteiger partial charge on any atom is -0.495 e. The SMILES string of the molecule is COc1ccccc1N1CCc2c(Cl)nc3c(OC)cccc3c21. The number of anilines is 2. The van der Waals surface area contributed by atoms with Crippen molar-refractivity contribution in [1.82, 2.24) is 4.98 Å². The molecule has 0 atom stereocenters. The van der Waals surface area contributed by atoms with Gasteiger partial charge in [-0.05, 0) is 24.6 Å². The number of nitrogens with zero attached hydrogens (tertiary/aromatic N) is 2. The van der Waals surface area contributed by atoms with E-state index >= 15 is 0 Å². The highest BCUT2D eigenvalue weighted by molar-refractivity contribution is 6.31. The van der Waals surface area contributed by atoms with Crippen LogP contribution < -0.4 is 14.4 Å². The molecule has 0 unspecified atom stereocenters. The number of ether oxygens (including phenoxy) is 2. The summed E-state index contributed by atoms with van der Waals surface area (Å²) >= 11 is 6.48. The Labute approximate surface area is 145 Å². The highest BCUT2D eigenvalue weighted by Crippen LogP contribution is 2.46. The number of halogens is 1. The van der Waals surface area contributed by atoms with Gasteiger partial charge in [-0.25, -0.2) is 4.98 Å². The van der Waals surface area contributed by atoms with Crippen molar-refractivity contribution in [3.05, 3.63) is 53.2 Å². The van der Waals surface area contributed by atoms with Crippen LogP contribution >= 0.6 is 11.6 Å². The van der Waals surface area contributed by atoms with Crippen LogP contribution in [0, 0.1) is 0 Å². The van der Waals surface area contributed by atoms with E-state index in [1.165, 1.54) is 0 Å². The Morgan fingerprint density at radius 3 is 2.54 bits per heavy atom. The van der Waals surface area contributed by atoms with Gasteiger partial charge in [0.25, 0.3) is 0 Å². The number of benzene rings is 2. The summed E-state index contributed by atoms with van der Waals surface area (Å²) in [6.45, 7) is 0.841. The molecule has 0 aliphatic carbocycles. The predicted octanol–water partition coefficient (Wildman–Crippen LogP) is 4.60. The van der Waals surface area contributed by atoms with Crippen molar-refractivity contribution in [3.63, 3.8) is 0 Å². The molecule has 1 aromatic heterocycles. The molecule has 0 spiro atoms. The standard InChI is InChI=1S/C19H17ClN2O2/c1-23-15-8-4-3-7-14(15)22-11-10-13-18(22)12-6-5-9-16(24-2)17(12)21-19(13)20/h3-9H,10-11H2,1-2H3. The zero-order valence-electron chi connectivity index (χ0n) is 13.5. The smallest absolute Gasteiger partial charge is 0.145 e. The van der Waals surface area contributed by atoms with Crippen molar-refractivity contribution in [1.29, 1.82) is 0 Å². The molecule has 1 aliphatic rings. The lowest BCUT2D eigenvalue weighted by molar-refractivity contribution is 0.415. The van der Waals surface area contributed by atoms with E-state index in [0.717, 1.165) is 52.3 Å². The Morgan fingerprint density at radius 1 is 1.00 bits per heavy atom. The first-order valence-corrected chi connectivity index (χ1v) is 8.18. The van der Waals surface area contributed by atoms with Gasteiger partial charge in [0, 0.05) is 17.5 Å². The first-order chi connectivity index (χ1) is 11.7. The van der Waals surface area contributed by atoms with E-state index in [4.69, 9.17) is 21.1 Å². The van der Waals surface area contributed by atoms with Gasteiger partial charge < -0.3 is 14.4 Å². The Hall–Kier alpha value is -2.46. The fourth-order valence-electron chi connectivity index (χ4n) is 3.38. The molecule has 1 aliphatic heterocycles. The van der Waals surface area contributed by atoms with E-state index < -0.39 is 0 Å². The van der Waals surface area contributed by atoms with Crippen LogP contribution in [0.15, 0.2) is 42.5 Å². The quantitative estimate of drug-likeness (QED) is 0.653. The van der Waals surface area contributed by atoms with Gasteiger partial charge in [-0.15, -0.1) is 0 Å². The zero-order valence-corrected chi connectivity index (χ0v) is 14.3. The Kier molecular flexibility index (Phi) is 3.69. The van der Waals surface area contributed by atoms with Gasteiger partial charge in [0.2, 0.25) is 0 Å². The lowest BCUT2D eigenvalue weighted by Crippen LogP contribution is -2.14. The molecule has 0 radical (unpaired) electrons. The van der Waals surface area contributed by atoms with Gasteiger partial charge in [0.05, 0.1) is 25.6 Å². The van der Waals surface area contributed by atoms with Crippen LogP contribution in [0.2, 0.25) is 5.15 Å². The molecule has 0 N–H and O–H groups in total. The highest BCUT2D eigenvalue weighted by atomic mass is 35.5. The van der Waals surface area contributed by atoms with Crippen LogP contribution in [0.25, 0.3) is 10.9 Å². The molecular formula is C19H17ClN2O2. The maximum absolute atomic E-state index is 6.48. The van der Waals surface area contributed by atoms with Gasteiger partial charge >= 0.3 is 0 Å². The van der Waals surface area contributed by atoms with Gasteiger partial charge in [0.15, 0.2) is 0 Å². The second-order valence-corrected chi connectivity index (χ2v) is 6.02. The van der Waals surface area contributed by atoms with E-state index in [-0.39, 0.29) is 0 Å². The third-order valence-electron chi connectivity index (χ3n) is 4.45. The number of aromatic nitrogens is 1. The third-order valence-corrected chi connectivity index (χ3v) is 4.76. The molecule has 2 aromatic carbocycles. The zero-order chi connectivity index (χ0) is 16.7. The van der Waals surface area contributed by atoms with E-state index in [0.29, 0.717) is 5.15 Å². The summed E-state index contributed by atoms with van der Waals surface area (Å²) in [5, 5.41) is 1.58. The summed E-state index contributed by atoms with van der Waals surface area (Å²) in [4.78, 5) is 6.82. The third kappa shape index (κ3) is 2.18. The molecule has 0 saturated heterocycles. The number of fused-ring (bicyclic) bond motifs is 3. The Bertz CT molecular complexity index is 927. The number of methoxy groups -OCH3 is 2. The molecule has 0 fully saturated rings. The number of pyridine rings is 1. The summed E-state index contributed by atoms with van der Waals surface area (Å²) in [5.41, 5.74) is 3.98. The molecule has 24 heavy (non-hydrogen) atoms. The number of hydrogen-bond donors (Lipinski definition) is 0. The van der Waals surface area contributed by atoms with E-state index in [2.05, 4.69) is 22.0 Å². The maximum atomic E-state index is 6.48. The van der Waals surface area contributed by atoms with E-state index in [1.54, 1.807) is 14.2 Å². The second kappa shape index (κ2) is 5.87. The van der Waals surface area contributed by atoms with Crippen LogP contribution in [0.3, 0.4) is 0 Å². The highest BCUT2D eigenvalue weighted by Gasteiger charge is 2.28. The largest absolute Gasteiger partial charge is 0.495 e. The predicted molar refractivity (Wildman–Crippen MR) is 97.0 cm³/mol. The number of hydrogen-bond acceptors (Lipinski definition) is 4. The summed E-state index contributed by atoms with van der Waals surface area (Å²) in [7, 11) is 3.34. The molecule has 0 saturated carbocycles. The molecule has 5 heteroatoms. The summed E-state index contributed by atoms with van der Waals surface area (Å²) < 4.78 is 11.0. The van der Waals surface area contributed by atoms with Gasteiger partial charge in [-0.1, -0.05) is 35.9 Å². The maximum Gasteiger partial charge on any atom is 0.145 e. The summed E-state index contributed by atoms with van der Waals surface area (Å²) in [6, 6.07) is 14.0. The van der Waals surface area contributed by atoms with Crippen LogP contribution in [0.4, 0.5) is 11.4 Å². The number of para-hydroxylation sites is 3. The first-order valence-electron chi connectivity index (χ1n) is 7.80. The first kappa shape index (κ1) is 15.1. The molecular weight excluding hydrogens is 324 g/mol. The van der Waals surface area contributed by atoms with Crippen molar-refractivity contribution in [2.24, 2.45) is 0 Å². The van der Waals surface area contributed by atoms with E-state index in [9.17, 15) is 0 Å². The van der Waals surface area contributed by atoms with Crippen LogP contribution in [0.1, 0.15) is 5.56 Å². The Balaban J connectivity index is 2.00. The van der Waals surface area contributed by atoms with Crippen molar-refractivity contribution < 1.29 is 9.47 Å². The normalized spacial score (nSPS) is 13.2. The minimum atomic E-state index is 0.541. The second-order valence-electron chi connectivity index (χ2n) is 5.66. The van der Waals surface area contributed by atoms with Crippen LogP contribution in [-0.2, 0) is 6.42 Å². The van der Waals surface area contributed by atoms with Crippen molar-refractivity contribution in [2.75, 3.05) is 25.7 Å². The molecule has 0 amide bonds. The van der Waals surface area contributed by atoms with Crippen LogP contribution in [-0.4, -0.2) is 25.7 Å². The molecule has 4 nitrogen and oxygen atoms in total. The van der Waals surface area contributed by atoms with Gasteiger partial charge in [0.1, 0.15) is 22.2 Å². The van der Waals surface area contributed by atoms with Gasteiger partial charge in [-0.3, -0.25) is 0 Å². The molecule has 3 aromatic rings. The van der Waals surface area contributed by atoms with Crippen molar-refractivity contribution in [2.45, 2.75) is 6.42 Å². The van der Waals surface area contributed by atoms with Crippen molar-refractivity contribution in [3.8, 4) is 11.5 Å². The molecule has 122 valence electrons. The minimum absolute atomic E-state index is 0.541. The average molecular weight is 341 g/mol. The fraction of sp³-hybridized carbons (Fsp3) is 0.211. The van der Waals surface area contributed by atoms with Crippen molar-refractivity contribution >= 4 is 33.9 Å². The fourth-order valence-corrected chi connectivity index (χ4v) is 3.65. The lowest BCUT2D eigenvalue weighted by atomic mass is 10.1. The molecule has 4 rings (SSSR count). The monoisotopic (exact) mass is 340 g/mol. The summed E-state index contributed by atoms with van der Waals surface area (Å²) in [5.74, 6) is 1.57. The topological polar surface area (TPSA) is 34.6 Å². The van der Waals surface area contributed by atoms with E-state index in [1.807, 2.05) is 30.3 Å². The lowest BCUT2D eigenvalue weighted by Gasteiger charge is -2.23. The summed E-state index contributed by atoms with van der Waals surface area (Å²) in [6.07, 6.45) is 0.854. The average Bonchev–Trinajstić information content (AvgIpc) is 3.07. The Morgan fingerprint density at radius 2 is 1.75 bits per heavy atom. The molecule has 2 heterocycles. The number of rotatable bonds is 3. The van der Waals surface area contributed by atoms with Crippen LogP contribution in [0.5, 0.6) is 11.5 Å². The molecule has 0 bridgehead atoms. The van der Waals surface area contributed by atoms with Gasteiger partial charge in [-0.2, -0.15) is 0 Å².